The summed E-state index contributed by atoms with van der Waals surface area (Å²) < 4.78 is 0. The molecule has 0 amide bonds. The molecule has 2 aromatic rings. The molecule has 0 saturated carbocycles. The summed E-state index contributed by atoms with van der Waals surface area (Å²) in [5.74, 6) is 0. The van der Waals surface area contributed by atoms with Gasteiger partial charge in [0.15, 0.2) is 0 Å². The van der Waals surface area contributed by atoms with Crippen LogP contribution < -0.4 is 10.4 Å². The maximum atomic E-state index is 3.99. The fourth-order valence-electron chi connectivity index (χ4n) is 2.28. The Morgan fingerprint density at radius 1 is 0.905 bits per heavy atom. The Hall–Kier alpha value is -2.08. The van der Waals surface area contributed by atoms with Crippen molar-refractivity contribution in [3.8, 4) is 0 Å². The van der Waals surface area contributed by atoms with E-state index in [1.807, 2.05) is 26.0 Å². The lowest BCUT2D eigenvalue weighted by atomic mass is 10.00. The summed E-state index contributed by atoms with van der Waals surface area (Å²) in [5, 5.41) is 2.59. The Bertz CT molecular complexity index is 675. The normalized spacial score (nSPS) is 12.8. The average molecular weight is 278 g/mol. The molecule has 0 atom stereocenters. The summed E-state index contributed by atoms with van der Waals surface area (Å²) in [7, 11) is 0. The van der Waals surface area contributed by atoms with E-state index >= 15 is 0 Å². The number of benzene rings is 2. The van der Waals surface area contributed by atoms with E-state index in [0.717, 1.165) is 6.42 Å². The molecule has 0 aliphatic heterocycles. The Labute approximate surface area is 129 Å². The van der Waals surface area contributed by atoms with E-state index in [9.17, 15) is 0 Å². The predicted molar refractivity (Wildman–Crippen MR) is 95.6 cm³/mol. The maximum absolute atomic E-state index is 3.99. The fourth-order valence-corrected chi connectivity index (χ4v) is 2.28. The van der Waals surface area contributed by atoms with E-state index in [1.54, 1.807) is 0 Å². The number of hydrogen-bond acceptors (Lipinski definition) is 0. The molecule has 0 radical (unpaired) electrons. The second kappa shape index (κ2) is 8.97. The molecular formula is C21H26. The topological polar surface area (TPSA) is 0 Å². The largest absolute Gasteiger partial charge is 0.0984 e. The van der Waals surface area contributed by atoms with Crippen LogP contribution in [0.25, 0.3) is 11.1 Å². The zero-order valence-electron chi connectivity index (χ0n) is 13.7. The SMILES string of the molecule is C=C/C(c1ccccc1)=c1/cccc/c1=C(\C)CC.CC. The molecule has 0 spiro atoms. The highest BCUT2D eigenvalue weighted by atomic mass is 14.0. The monoisotopic (exact) mass is 278 g/mol. The summed E-state index contributed by atoms with van der Waals surface area (Å²) in [6, 6.07) is 19.0. The summed E-state index contributed by atoms with van der Waals surface area (Å²) in [4.78, 5) is 0. The lowest BCUT2D eigenvalue weighted by molar-refractivity contribution is 1.20. The third-order valence-corrected chi connectivity index (χ3v) is 3.50. The van der Waals surface area contributed by atoms with Crippen molar-refractivity contribution < 1.29 is 0 Å². The van der Waals surface area contributed by atoms with Crippen molar-refractivity contribution in [2.75, 3.05) is 0 Å². The molecule has 2 aromatic carbocycles. The summed E-state index contributed by atoms with van der Waals surface area (Å²) >= 11 is 0. The molecule has 0 saturated heterocycles. The van der Waals surface area contributed by atoms with E-state index in [4.69, 9.17) is 0 Å². The van der Waals surface area contributed by atoms with Crippen LogP contribution in [0.1, 0.15) is 39.7 Å². The molecule has 0 aromatic heterocycles. The lowest BCUT2D eigenvalue weighted by Crippen LogP contribution is -2.28. The third-order valence-electron chi connectivity index (χ3n) is 3.50. The van der Waals surface area contributed by atoms with Gasteiger partial charge in [0.05, 0.1) is 0 Å². The van der Waals surface area contributed by atoms with Gasteiger partial charge in [-0.1, -0.05) is 93.6 Å². The molecule has 110 valence electrons. The molecule has 0 aliphatic rings. The Morgan fingerprint density at radius 3 is 1.95 bits per heavy atom. The van der Waals surface area contributed by atoms with Gasteiger partial charge < -0.3 is 0 Å². The van der Waals surface area contributed by atoms with E-state index in [-0.39, 0.29) is 0 Å². The van der Waals surface area contributed by atoms with Gasteiger partial charge in [0.2, 0.25) is 0 Å². The van der Waals surface area contributed by atoms with Crippen molar-refractivity contribution in [2.24, 2.45) is 0 Å². The van der Waals surface area contributed by atoms with E-state index in [0.29, 0.717) is 0 Å². The van der Waals surface area contributed by atoms with Crippen molar-refractivity contribution in [3.05, 3.63) is 83.3 Å². The molecule has 0 N–H and O–H groups in total. The third kappa shape index (κ3) is 4.19. The number of rotatable bonds is 3. The molecule has 0 heteroatoms. The molecule has 0 nitrogen and oxygen atoms in total. The van der Waals surface area contributed by atoms with Crippen LogP contribution in [0.3, 0.4) is 0 Å². The fraction of sp³-hybridized carbons (Fsp3) is 0.238. The van der Waals surface area contributed by atoms with Gasteiger partial charge in [-0.05, 0) is 34.9 Å². The second-order valence-corrected chi connectivity index (χ2v) is 4.66. The Morgan fingerprint density at radius 2 is 1.43 bits per heavy atom. The van der Waals surface area contributed by atoms with Crippen molar-refractivity contribution in [2.45, 2.75) is 34.1 Å². The van der Waals surface area contributed by atoms with Crippen molar-refractivity contribution >= 4 is 11.1 Å². The van der Waals surface area contributed by atoms with Crippen LogP contribution in [0, 0.1) is 0 Å². The highest BCUT2D eigenvalue weighted by Gasteiger charge is 1.99. The standard InChI is InChI=1S/C19H20.C2H6/c1-4-15(3)18-13-9-10-14-19(18)17(5-2)16-11-7-6-8-12-16;1-2/h5-14H,2,4H2,1,3H3;1-2H3/b18-15-,19-17+;. The van der Waals surface area contributed by atoms with Gasteiger partial charge in [-0.3, -0.25) is 0 Å². The first-order valence-electron chi connectivity index (χ1n) is 7.75. The minimum atomic E-state index is 1.07. The lowest BCUT2D eigenvalue weighted by Gasteiger charge is -2.05. The number of hydrogen-bond donors (Lipinski definition) is 0. The minimum Gasteiger partial charge on any atom is -0.0984 e. The van der Waals surface area contributed by atoms with Crippen LogP contribution >= 0.6 is 0 Å². The summed E-state index contributed by atoms with van der Waals surface area (Å²) in [6.45, 7) is 12.4. The predicted octanol–water partition coefficient (Wildman–Crippen LogP) is 4.68. The molecule has 2 rings (SSSR count). The Kier molecular flexibility index (Phi) is 7.25. The van der Waals surface area contributed by atoms with Crippen LogP contribution in [0.5, 0.6) is 0 Å². The van der Waals surface area contributed by atoms with Crippen LogP contribution in [0.15, 0.2) is 67.3 Å². The highest BCUT2D eigenvalue weighted by Crippen LogP contribution is 2.10. The minimum absolute atomic E-state index is 1.07. The van der Waals surface area contributed by atoms with E-state index in [2.05, 4.69) is 69.0 Å². The van der Waals surface area contributed by atoms with Crippen LogP contribution in [-0.2, 0) is 0 Å². The molecule has 21 heavy (non-hydrogen) atoms. The maximum Gasteiger partial charge on any atom is -0.0106 e. The van der Waals surface area contributed by atoms with Crippen LogP contribution in [0.2, 0.25) is 0 Å². The first-order valence-corrected chi connectivity index (χ1v) is 7.75. The van der Waals surface area contributed by atoms with Crippen LogP contribution in [0.4, 0.5) is 0 Å². The second-order valence-electron chi connectivity index (χ2n) is 4.66. The molecular weight excluding hydrogens is 252 g/mol. The molecule has 0 bridgehead atoms. The first kappa shape index (κ1) is 17.0. The van der Waals surface area contributed by atoms with Gasteiger partial charge in [0.1, 0.15) is 0 Å². The van der Waals surface area contributed by atoms with Gasteiger partial charge >= 0.3 is 0 Å². The molecule has 0 unspecified atom stereocenters. The molecule has 0 heterocycles. The van der Waals surface area contributed by atoms with E-state index in [1.165, 1.54) is 27.1 Å². The van der Waals surface area contributed by atoms with Gasteiger partial charge in [-0.25, -0.2) is 0 Å². The van der Waals surface area contributed by atoms with Gasteiger partial charge in [0.25, 0.3) is 0 Å². The van der Waals surface area contributed by atoms with Gasteiger partial charge in [-0.2, -0.15) is 0 Å². The zero-order valence-corrected chi connectivity index (χ0v) is 13.7. The van der Waals surface area contributed by atoms with Gasteiger partial charge in [-0.15, -0.1) is 0 Å². The van der Waals surface area contributed by atoms with Crippen LogP contribution in [-0.4, -0.2) is 0 Å². The van der Waals surface area contributed by atoms with Gasteiger partial charge in [0, 0.05) is 0 Å². The highest BCUT2D eigenvalue weighted by molar-refractivity contribution is 5.73. The summed E-state index contributed by atoms with van der Waals surface area (Å²) in [5.41, 5.74) is 3.82. The van der Waals surface area contributed by atoms with Crippen molar-refractivity contribution in [1.29, 1.82) is 0 Å². The zero-order chi connectivity index (χ0) is 15.7. The van der Waals surface area contributed by atoms with E-state index < -0.39 is 0 Å². The first-order chi connectivity index (χ1) is 10.3. The quantitative estimate of drug-likeness (QED) is 0.765. The summed E-state index contributed by atoms with van der Waals surface area (Å²) in [6.07, 6.45) is 3.02. The molecule has 0 fully saturated rings. The average Bonchev–Trinajstić information content (AvgIpc) is 2.58. The van der Waals surface area contributed by atoms with Crippen molar-refractivity contribution in [1.82, 2.24) is 0 Å². The molecule has 0 aliphatic carbocycles. The van der Waals surface area contributed by atoms with Crippen molar-refractivity contribution in [3.63, 3.8) is 0 Å². The number of allylic oxidation sites excluding steroid dienone is 1. The Balaban J connectivity index is 0.00000106. The smallest absolute Gasteiger partial charge is 0.0106 e.